The third-order valence-corrected chi connectivity index (χ3v) is 4.51. The normalized spacial score (nSPS) is 29.4. The molecule has 1 saturated carbocycles. The number of rotatable bonds is 3. The first-order valence-electron chi connectivity index (χ1n) is 6.64. The molecule has 1 aliphatic rings. The quantitative estimate of drug-likeness (QED) is 0.692. The Labute approximate surface area is 101 Å². The summed E-state index contributed by atoms with van der Waals surface area (Å²) in [5.41, 5.74) is 0.808. The predicted molar refractivity (Wildman–Crippen MR) is 69.4 cm³/mol. The summed E-state index contributed by atoms with van der Waals surface area (Å²) in [5.74, 6) is 1.84. The van der Waals surface area contributed by atoms with Crippen molar-refractivity contribution in [3.05, 3.63) is 0 Å². The average Bonchev–Trinajstić information content (AvgIpc) is 2.36. The molecule has 2 atom stereocenters. The maximum Gasteiger partial charge on any atom is 0.129 e. The van der Waals surface area contributed by atoms with Crippen molar-refractivity contribution in [3.8, 4) is 0 Å². The van der Waals surface area contributed by atoms with Gasteiger partial charge >= 0.3 is 0 Å². The van der Waals surface area contributed by atoms with Crippen molar-refractivity contribution in [3.63, 3.8) is 0 Å². The van der Waals surface area contributed by atoms with Crippen molar-refractivity contribution in [2.45, 2.75) is 67.2 Å². The molecule has 0 heterocycles. The molecule has 1 heteroatoms. The number of carbonyl (C=O) groups excluding carboxylic acids is 1. The van der Waals surface area contributed by atoms with Gasteiger partial charge in [-0.05, 0) is 48.9 Å². The third-order valence-electron chi connectivity index (χ3n) is 4.51. The summed E-state index contributed by atoms with van der Waals surface area (Å²) >= 11 is 0. The van der Waals surface area contributed by atoms with E-state index in [0.717, 1.165) is 24.7 Å². The first-order valence-corrected chi connectivity index (χ1v) is 6.64. The minimum Gasteiger partial charge on any atom is -0.300 e. The minimum absolute atomic E-state index is 0.343. The Balaban J connectivity index is 2.76. The average molecular weight is 224 g/mol. The van der Waals surface area contributed by atoms with E-state index in [9.17, 15) is 4.79 Å². The van der Waals surface area contributed by atoms with Crippen LogP contribution in [0.3, 0.4) is 0 Å². The van der Waals surface area contributed by atoms with E-state index in [0.29, 0.717) is 16.6 Å². The van der Waals surface area contributed by atoms with Crippen molar-refractivity contribution >= 4 is 5.78 Å². The summed E-state index contributed by atoms with van der Waals surface area (Å²) in [7, 11) is 0. The van der Waals surface area contributed by atoms with Gasteiger partial charge in [0.05, 0.1) is 0 Å². The first-order chi connectivity index (χ1) is 7.14. The van der Waals surface area contributed by atoms with E-state index < -0.39 is 0 Å². The van der Waals surface area contributed by atoms with E-state index in [4.69, 9.17) is 0 Å². The molecule has 0 aromatic heterocycles. The molecule has 0 amide bonds. The van der Waals surface area contributed by atoms with Gasteiger partial charge in [-0.2, -0.15) is 0 Å². The van der Waals surface area contributed by atoms with Crippen molar-refractivity contribution < 1.29 is 4.79 Å². The zero-order valence-corrected chi connectivity index (χ0v) is 11.9. The van der Waals surface area contributed by atoms with Gasteiger partial charge < -0.3 is 4.79 Å². The molecule has 0 aliphatic heterocycles. The highest BCUT2D eigenvalue weighted by Gasteiger charge is 2.45. The molecule has 1 nitrogen and oxygen atoms in total. The van der Waals surface area contributed by atoms with Crippen LogP contribution < -0.4 is 0 Å². The summed E-state index contributed by atoms with van der Waals surface area (Å²) in [6.07, 6.45) is 4.50. The Kier molecular flexibility index (Phi) is 3.87. The molecule has 0 radical (unpaired) electrons. The maximum absolute atomic E-state index is 11.2. The van der Waals surface area contributed by atoms with E-state index in [1.165, 1.54) is 12.8 Å². The molecule has 0 aromatic rings. The van der Waals surface area contributed by atoms with Crippen LogP contribution in [0.1, 0.15) is 67.2 Å². The largest absolute Gasteiger partial charge is 0.300 e. The van der Waals surface area contributed by atoms with E-state index >= 15 is 0 Å². The van der Waals surface area contributed by atoms with Crippen LogP contribution in [0.2, 0.25) is 0 Å². The topological polar surface area (TPSA) is 17.1 Å². The van der Waals surface area contributed by atoms with Crippen molar-refractivity contribution in [2.75, 3.05) is 0 Å². The number of Topliss-reactive ketones (excluding diaryl/α,β-unsaturated/α-hetero) is 1. The number of hydrogen-bond donors (Lipinski definition) is 0. The van der Waals surface area contributed by atoms with Crippen molar-refractivity contribution in [1.82, 2.24) is 0 Å². The molecule has 1 fully saturated rings. The summed E-state index contributed by atoms with van der Waals surface area (Å²) in [6, 6.07) is 0. The summed E-state index contributed by atoms with van der Waals surface area (Å²) < 4.78 is 0. The fourth-order valence-electron chi connectivity index (χ4n) is 3.45. The molecule has 1 rings (SSSR count). The Bertz CT molecular complexity index is 257. The maximum atomic E-state index is 11.2. The van der Waals surface area contributed by atoms with Gasteiger partial charge in [0.2, 0.25) is 0 Å². The molecule has 0 unspecified atom stereocenters. The molecule has 0 bridgehead atoms. The second kappa shape index (κ2) is 4.50. The Morgan fingerprint density at radius 2 is 1.88 bits per heavy atom. The molecule has 0 aromatic carbocycles. The Morgan fingerprint density at radius 3 is 2.31 bits per heavy atom. The molecule has 0 saturated heterocycles. The van der Waals surface area contributed by atoms with Crippen LogP contribution in [-0.4, -0.2) is 5.78 Å². The van der Waals surface area contributed by atoms with Crippen molar-refractivity contribution in [1.29, 1.82) is 0 Å². The Morgan fingerprint density at radius 1 is 1.31 bits per heavy atom. The lowest BCUT2D eigenvalue weighted by molar-refractivity contribution is -0.117. The number of ketones is 1. The lowest BCUT2D eigenvalue weighted by Gasteiger charge is -2.37. The van der Waals surface area contributed by atoms with E-state index in [1.54, 1.807) is 6.92 Å². The lowest BCUT2D eigenvalue weighted by Crippen LogP contribution is -2.30. The zero-order chi connectivity index (χ0) is 12.6. The van der Waals surface area contributed by atoms with E-state index in [2.05, 4.69) is 34.6 Å². The lowest BCUT2D eigenvalue weighted by atomic mass is 9.68. The van der Waals surface area contributed by atoms with E-state index in [1.807, 2.05) is 0 Å². The molecule has 0 N–H and O–H groups in total. The van der Waals surface area contributed by atoms with Crippen LogP contribution in [0.5, 0.6) is 0 Å². The predicted octanol–water partition coefficient (Wildman–Crippen LogP) is 4.45. The van der Waals surface area contributed by atoms with Gasteiger partial charge in [0.25, 0.3) is 0 Å². The summed E-state index contributed by atoms with van der Waals surface area (Å²) in [6.45, 7) is 13.5. The highest BCUT2D eigenvalue weighted by Crippen LogP contribution is 2.54. The van der Waals surface area contributed by atoms with Gasteiger partial charge in [0.15, 0.2) is 0 Å². The second-order valence-electron chi connectivity index (χ2n) is 7.35. The molecule has 16 heavy (non-hydrogen) atoms. The van der Waals surface area contributed by atoms with Crippen LogP contribution in [0.25, 0.3) is 0 Å². The summed E-state index contributed by atoms with van der Waals surface area (Å²) in [5, 5.41) is 0. The van der Waals surface area contributed by atoms with Crippen LogP contribution in [0, 0.1) is 22.7 Å². The van der Waals surface area contributed by atoms with Crippen LogP contribution >= 0.6 is 0 Å². The minimum atomic E-state index is 0.343. The van der Waals surface area contributed by atoms with Gasteiger partial charge in [0.1, 0.15) is 5.78 Å². The first kappa shape index (κ1) is 13.7. The monoisotopic (exact) mass is 224 g/mol. The van der Waals surface area contributed by atoms with Gasteiger partial charge in [-0.3, -0.25) is 0 Å². The second-order valence-corrected chi connectivity index (χ2v) is 7.35. The zero-order valence-electron chi connectivity index (χ0n) is 11.9. The van der Waals surface area contributed by atoms with Crippen LogP contribution in [-0.2, 0) is 4.79 Å². The smallest absolute Gasteiger partial charge is 0.129 e. The molecule has 1 aliphatic carbocycles. The number of carbonyl (C=O) groups is 1. The molecule has 94 valence electrons. The fraction of sp³-hybridized carbons (Fsp3) is 0.933. The highest BCUT2D eigenvalue weighted by molar-refractivity contribution is 5.75. The standard InChI is InChI=1S/C15H28O/c1-11(16)7-8-13-12(14(2,3)4)9-10-15(13,5)6/h12-13H,7-10H2,1-6H3/t12-,13-/m0/s1. The summed E-state index contributed by atoms with van der Waals surface area (Å²) in [4.78, 5) is 11.2. The molecular formula is C15H28O. The fourth-order valence-corrected chi connectivity index (χ4v) is 3.45. The van der Waals surface area contributed by atoms with Crippen LogP contribution in [0.15, 0.2) is 0 Å². The van der Waals surface area contributed by atoms with Gasteiger partial charge in [-0.15, -0.1) is 0 Å². The van der Waals surface area contributed by atoms with Gasteiger partial charge in [-0.1, -0.05) is 34.6 Å². The van der Waals surface area contributed by atoms with Gasteiger partial charge in [-0.25, -0.2) is 0 Å². The third kappa shape index (κ3) is 3.09. The number of hydrogen-bond acceptors (Lipinski definition) is 1. The Hall–Kier alpha value is -0.330. The highest BCUT2D eigenvalue weighted by atomic mass is 16.1. The molecular weight excluding hydrogens is 196 g/mol. The van der Waals surface area contributed by atoms with Crippen LogP contribution in [0.4, 0.5) is 0 Å². The SMILES string of the molecule is CC(=O)CC[C@H]1[C@@H](C(C)(C)C)CCC1(C)C. The van der Waals surface area contributed by atoms with E-state index in [-0.39, 0.29) is 0 Å². The van der Waals surface area contributed by atoms with Gasteiger partial charge in [0, 0.05) is 6.42 Å². The van der Waals surface area contributed by atoms with Crippen molar-refractivity contribution in [2.24, 2.45) is 22.7 Å². The molecule has 0 spiro atoms.